The van der Waals surface area contributed by atoms with Crippen LogP contribution in [0.25, 0.3) is 17.0 Å². The van der Waals surface area contributed by atoms with Crippen LogP contribution in [0.15, 0.2) is 30.8 Å². The van der Waals surface area contributed by atoms with Crippen molar-refractivity contribution in [3.05, 3.63) is 42.1 Å². The van der Waals surface area contributed by atoms with Gasteiger partial charge in [-0.05, 0) is 35.8 Å². The summed E-state index contributed by atoms with van der Waals surface area (Å²) in [7, 11) is 0.396. The van der Waals surface area contributed by atoms with Crippen LogP contribution in [-0.4, -0.2) is 12.9 Å². The number of aromatic nitrogens is 1. The van der Waals surface area contributed by atoms with Crippen molar-refractivity contribution < 1.29 is 4.43 Å². The molecule has 0 amide bonds. The van der Waals surface area contributed by atoms with E-state index >= 15 is 0 Å². The molecule has 0 saturated heterocycles. The van der Waals surface area contributed by atoms with E-state index in [0.29, 0.717) is 6.61 Å². The van der Waals surface area contributed by atoms with E-state index < -0.39 is 8.32 Å². The number of hydrogen-bond acceptors (Lipinski definition) is 1. The van der Waals surface area contributed by atoms with Gasteiger partial charge in [-0.1, -0.05) is 45.6 Å². The molecule has 0 aliphatic heterocycles. The van der Waals surface area contributed by atoms with E-state index in [4.69, 9.17) is 4.43 Å². The SMILES string of the molecule is C=Cc1cccc2c1cc(CO[Si](C)(C)C(C)(C)C)n2C. The number of hydrogen-bond donors (Lipinski definition) is 0. The first-order valence-corrected chi connectivity index (χ1v) is 10.4. The zero-order chi connectivity index (χ0) is 15.8. The summed E-state index contributed by atoms with van der Waals surface area (Å²) >= 11 is 0. The van der Waals surface area contributed by atoms with Crippen LogP contribution in [0.2, 0.25) is 18.1 Å². The van der Waals surface area contributed by atoms with Crippen LogP contribution in [-0.2, 0) is 18.1 Å². The van der Waals surface area contributed by atoms with Crippen LogP contribution in [0.3, 0.4) is 0 Å². The zero-order valence-corrected chi connectivity index (χ0v) is 15.2. The van der Waals surface area contributed by atoms with Gasteiger partial charge in [0.2, 0.25) is 0 Å². The Morgan fingerprint density at radius 2 is 1.95 bits per heavy atom. The molecule has 2 aromatic rings. The molecule has 2 nitrogen and oxygen atoms in total. The maximum atomic E-state index is 6.36. The van der Waals surface area contributed by atoms with Crippen molar-refractivity contribution in [2.24, 2.45) is 7.05 Å². The van der Waals surface area contributed by atoms with E-state index in [1.54, 1.807) is 0 Å². The fourth-order valence-electron chi connectivity index (χ4n) is 2.23. The Hall–Kier alpha value is -1.32. The Labute approximate surface area is 129 Å². The van der Waals surface area contributed by atoms with Gasteiger partial charge in [0.1, 0.15) is 0 Å². The fourth-order valence-corrected chi connectivity index (χ4v) is 3.17. The molecule has 1 heterocycles. The van der Waals surface area contributed by atoms with Crippen molar-refractivity contribution in [3.63, 3.8) is 0 Å². The monoisotopic (exact) mass is 301 g/mol. The second kappa shape index (κ2) is 5.47. The summed E-state index contributed by atoms with van der Waals surface area (Å²) in [5.41, 5.74) is 3.65. The topological polar surface area (TPSA) is 14.2 Å². The molecule has 0 spiro atoms. The van der Waals surface area contributed by atoms with E-state index in [1.807, 2.05) is 6.08 Å². The number of benzene rings is 1. The second-order valence-corrected chi connectivity index (χ2v) is 12.0. The van der Waals surface area contributed by atoms with Crippen LogP contribution in [0.1, 0.15) is 32.0 Å². The first-order valence-electron chi connectivity index (χ1n) is 7.51. The number of nitrogens with zero attached hydrogens (tertiary/aromatic N) is 1. The quantitative estimate of drug-likeness (QED) is 0.695. The molecule has 3 heteroatoms. The molecule has 0 bridgehead atoms. The van der Waals surface area contributed by atoms with E-state index in [9.17, 15) is 0 Å². The minimum atomic E-state index is -1.71. The van der Waals surface area contributed by atoms with Crippen LogP contribution < -0.4 is 0 Å². The third kappa shape index (κ3) is 2.99. The molecule has 21 heavy (non-hydrogen) atoms. The van der Waals surface area contributed by atoms with Crippen molar-refractivity contribution >= 4 is 25.3 Å². The fraction of sp³-hybridized carbons (Fsp3) is 0.444. The summed E-state index contributed by atoms with van der Waals surface area (Å²) in [6.07, 6.45) is 1.92. The lowest BCUT2D eigenvalue weighted by molar-refractivity contribution is 0.269. The first kappa shape index (κ1) is 16.1. The lowest BCUT2D eigenvalue weighted by Gasteiger charge is -2.36. The highest BCUT2D eigenvalue weighted by Gasteiger charge is 2.37. The number of fused-ring (bicyclic) bond motifs is 1. The molecule has 2 rings (SSSR count). The van der Waals surface area contributed by atoms with Gasteiger partial charge >= 0.3 is 0 Å². The average Bonchev–Trinajstić information content (AvgIpc) is 2.72. The van der Waals surface area contributed by atoms with Crippen molar-refractivity contribution in [1.82, 2.24) is 4.57 Å². The lowest BCUT2D eigenvalue weighted by atomic mass is 10.1. The second-order valence-electron chi connectivity index (χ2n) is 7.23. The van der Waals surface area contributed by atoms with Crippen molar-refractivity contribution in [2.75, 3.05) is 0 Å². The minimum absolute atomic E-state index is 0.240. The van der Waals surface area contributed by atoms with Gasteiger partial charge in [-0.2, -0.15) is 0 Å². The van der Waals surface area contributed by atoms with E-state index in [1.165, 1.54) is 22.2 Å². The Balaban J connectivity index is 2.32. The Kier molecular flexibility index (Phi) is 4.18. The minimum Gasteiger partial charge on any atom is -0.411 e. The van der Waals surface area contributed by atoms with E-state index in [2.05, 4.69) is 76.3 Å². The van der Waals surface area contributed by atoms with Crippen molar-refractivity contribution in [1.29, 1.82) is 0 Å². The highest BCUT2D eigenvalue weighted by Crippen LogP contribution is 2.37. The summed E-state index contributed by atoms with van der Waals surface area (Å²) < 4.78 is 8.59. The summed E-state index contributed by atoms with van der Waals surface area (Å²) in [6, 6.07) is 8.57. The van der Waals surface area contributed by atoms with E-state index in [-0.39, 0.29) is 5.04 Å². The molecule has 0 N–H and O–H groups in total. The Bertz CT molecular complexity index is 662. The van der Waals surface area contributed by atoms with Crippen molar-refractivity contribution in [2.45, 2.75) is 45.5 Å². The molecule has 0 radical (unpaired) electrons. The van der Waals surface area contributed by atoms with Gasteiger partial charge in [-0.15, -0.1) is 0 Å². The Morgan fingerprint density at radius 3 is 2.52 bits per heavy atom. The predicted molar refractivity (Wildman–Crippen MR) is 95.0 cm³/mol. The molecule has 0 atom stereocenters. The number of aryl methyl sites for hydroxylation is 1. The molecule has 0 unspecified atom stereocenters. The van der Waals surface area contributed by atoms with Crippen LogP contribution in [0, 0.1) is 0 Å². The van der Waals surface area contributed by atoms with Gasteiger partial charge in [-0.3, -0.25) is 0 Å². The van der Waals surface area contributed by atoms with Crippen LogP contribution in [0.5, 0.6) is 0 Å². The maximum absolute atomic E-state index is 6.36. The molecule has 0 saturated carbocycles. The first-order chi connectivity index (χ1) is 9.67. The Morgan fingerprint density at radius 1 is 1.29 bits per heavy atom. The lowest BCUT2D eigenvalue weighted by Crippen LogP contribution is -2.40. The molecular weight excluding hydrogens is 274 g/mol. The molecule has 0 fully saturated rings. The summed E-state index contributed by atoms with van der Waals surface area (Å²) in [6.45, 7) is 16.0. The summed E-state index contributed by atoms with van der Waals surface area (Å²) in [4.78, 5) is 0. The van der Waals surface area contributed by atoms with Crippen molar-refractivity contribution in [3.8, 4) is 0 Å². The van der Waals surface area contributed by atoms with E-state index in [0.717, 1.165) is 0 Å². The molecule has 0 aliphatic rings. The van der Waals surface area contributed by atoms with Crippen LogP contribution >= 0.6 is 0 Å². The smallest absolute Gasteiger partial charge is 0.192 e. The molecule has 1 aromatic heterocycles. The van der Waals surface area contributed by atoms with Gasteiger partial charge in [0.05, 0.1) is 6.61 Å². The predicted octanol–water partition coefficient (Wildman–Crippen LogP) is 5.34. The third-order valence-corrected chi connectivity index (χ3v) is 9.31. The average molecular weight is 302 g/mol. The molecule has 1 aromatic carbocycles. The van der Waals surface area contributed by atoms with Gasteiger partial charge < -0.3 is 8.99 Å². The van der Waals surface area contributed by atoms with Crippen LogP contribution in [0.4, 0.5) is 0 Å². The standard InChI is InChI=1S/C18H27NOSi/c1-8-14-10-9-11-17-16(14)12-15(19(17)5)13-20-21(6,7)18(2,3)4/h8-12H,1,13H2,2-7H3. The highest BCUT2D eigenvalue weighted by molar-refractivity contribution is 6.74. The highest BCUT2D eigenvalue weighted by atomic mass is 28.4. The molecular formula is C18H27NOSi. The molecule has 0 aliphatic carbocycles. The van der Waals surface area contributed by atoms with Gasteiger partial charge in [0, 0.05) is 23.6 Å². The largest absolute Gasteiger partial charge is 0.411 e. The number of rotatable bonds is 4. The van der Waals surface area contributed by atoms with Gasteiger partial charge in [0.15, 0.2) is 8.32 Å². The summed E-state index contributed by atoms with van der Waals surface area (Å²) in [5.74, 6) is 0. The van der Waals surface area contributed by atoms with Gasteiger partial charge in [0.25, 0.3) is 0 Å². The molecule has 114 valence electrons. The summed E-state index contributed by atoms with van der Waals surface area (Å²) in [5, 5.41) is 1.49. The van der Waals surface area contributed by atoms with Gasteiger partial charge in [-0.25, -0.2) is 0 Å². The zero-order valence-electron chi connectivity index (χ0n) is 14.2. The normalized spacial score (nSPS) is 12.9. The third-order valence-electron chi connectivity index (χ3n) is 4.83. The maximum Gasteiger partial charge on any atom is 0.192 e.